The lowest BCUT2D eigenvalue weighted by Crippen LogP contribution is -2.23. The first-order chi connectivity index (χ1) is 14.4. The van der Waals surface area contributed by atoms with Crippen LogP contribution in [0, 0.1) is 0 Å². The fraction of sp³-hybridized carbons (Fsp3) is 0.211. The van der Waals surface area contributed by atoms with Crippen LogP contribution in [0.25, 0.3) is 11.5 Å². The number of hydrogen-bond acceptors (Lipinski definition) is 9. The van der Waals surface area contributed by atoms with Crippen molar-refractivity contribution in [2.45, 2.75) is 4.90 Å². The van der Waals surface area contributed by atoms with E-state index in [0.29, 0.717) is 22.8 Å². The van der Waals surface area contributed by atoms with Crippen LogP contribution in [0.5, 0.6) is 17.2 Å². The molecule has 2 aromatic carbocycles. The maximum absolute atomic E-state index is 12.3. The Morgan fingerprint density at radius 1 is 1.00 bits per heavy atom. The molecule has 1 N–H and O–H groups in total. The van der Waals surface area contributed by atoms with Crippen LogP contribution in [0.2, 0.25) is 0 Å². The minimum absolute atomic E-state index is 0.0452. The number of carbonyl (C=O) groups is 1. The number of sulfone groups is 1. The van der Waals surface area contributed by atoms with Crippen LogP contribution in [0.3, 0.4) is 0 Å². The number of amides is 1. The van der Waals surface area contributed by atoms with Gasteiger partial charge in [0.1, 0.15) is 5.75 Å². The molecule has 1 amide bonds. The van der Waals surface area contributed by atoms with Crippen LogP contribution >= 0.6 is 0 Å². The van der Waals surface area contributed by atoms with Crippen LogP contribution in [0.4, 0.5) is 6.01 Å². The number of ether oxygens (including phenoxy) is 3. The molecule has 0 aliphatic rings. The Labute approximate surface area is 172 Å². The second kappa shape index (κ2) is 8.82. The standard InChI is InChI=1S/C19H19N3O7S/c1-26-14-9-12(10-15(27-2)17(14)28-3)18-21-22-19(29-18)20-16(23)11-30(24,25)13-7-5-4-6-8-13/h4-10H,11H2,1-3H3,(H,20,22,23). The van der Waals surface area contributed by atoms with Crippen molar-refractivity contribution in [1.82, 2.24) is 10.2 Å². The molecule has 0 aliphatic carbocycles. The van der Waals surface area contributed by atoms with Crippen molar-refractivity contribution < 1.29 is 31.8 Å². The third-order valence-corrected chi connectivity index (χ3v) is 5.64. The maximum atomic E-state index is 12.3. The summed E-state index contributed by atoms with van der Waals surface area (Å²) in [5, 5.41) is 9.89. The topological polar surface area (TPSA) is 130 Å². The average molecular weight is 433 g/mol. The molecule has 0 unspecified atom stereocenters. The van der Waals surface area contributed by atoms with Crippen molar-refractivity contribution in [1.29, 1.82) is 0 Å². The summed E-state index contributed by atoms with van der Waals surface area (Å²) in [6.07, 6.45) is 0. The van der Waals surface area contributed by atoms with Gasteiger partial charge < -0.3 is 18.6 Å². The molecule has 0 saturated heterocycles. The van der Waals surface area contributed by atoms with Gasteiger partial charge in [0.2, 0.25) is 17.5 Å². The Morgan fingerprint density at radius 2 is 1.63 bits per heavy atom. The van der Waals surface area contributed by atoms with Crippen LogP contribution in [0.1, 0.15) is 0 Å². The molecule has 0 radical (unpaired) electrons. The molecule has 0 aliphatic heterocycles. The van der Waals surface area contributed by atoms with Crippen molar-refractivity contribution in [3.63, 3.8) is 0 Å². The number of methoxy groups -OCH3 is 3. The zero-order chi connectivity index (χ0) is 21.7. The summed E-state index contributed by atoms with van der Waals surface area (Å²) in [6.45, 7) is 0. The Balaban J connectivity index is 1.78. The highest BCUT2D eigenvalue weighted by Gasteiger charge is 2.22. The van der Waals surface area contributed by atoms with Crippen LogP contribution in [0.15, 0.2) is 51.8 Å². The van der Waals surface area contributed by atoms with Gasteiger partial charge >= 0.3 is 6.01 Å². The van der Waals surface area contributed by atoms with Gasteiger partial charge in [-0.15, -0.1) is 5.10 Å². The van der Waals surface area contributed by atoms with E-state index in [2.05, 4.69) is 15.5 Å². The molecule has 0 atom stereocenters. The highest BCUT2D eigenvalue weighted by atomic mass is 32.2. The molecule has 30 heavy (non-hydrogen) atoms. The maximum Gasteiger partial charge on any atom is 0.322 e. The zero-order valence-corrected chi connectivity index (χ0v) is 17.2. The average Bonchev–Trinajstić information content (AvgIpc) is 3.21. The lowest BCUT2D eigenvalue weighted by atomic mass is 10.2. The summed E-state index contributed by atoms with van der Waals surface area (Å²) in [4.78, 5) is 12.2. The van der Waals surface area contributed by atoms with Gasteiger partial charge in [0.05, 0.1) is 26.2 Å². The smallest absolute Gasteiger partial charge is 0.322 e. The number of anilines is 1. The van der Waals surface area contributed by atoms with Gasteiger partial charge in [-0.3, -0.25) is 10.1 Å². The highest BCUT2D eigenvalue weighted by molar-refractivity contribution is 7.92. The van der Waals surface area contributed by atoms with Crippen molar-refractivity contribution in [2.24, 2.45) is 0 Å². The molecule has 158 valence electrons. The first-order valence-electron chi connectivity index (χ1n) is 8.59. The summed E-state index contributed by atoms with van der Waals surface area (Å²) in [5.74, 6) is -0.356. The largest absolute Gasteiger partial charge is 0.493 e. The number of hydrogen-bond donors (Lipinski definition) is 1. The van der Waals surface area contributed by atoms with Gasteiger partial charge in [0.25, 0.3) is 0 Å². The molecule has 0 bridgehead atoms. The fourth-order valence-corrected chi connectivity index (χ4v) is 3.79. The molecule has 10 nitrogen and oxygen atoms in total. The molecule has 0 spiro atoms. The fourth-order valence-electron chi connectivity index (χ4n) is 2.63. The number of nitrogens with one attached hydrogen (secondary N) is 1. The number of nitrogens with zero attached hydrogens (tertiary/aromatic N) is 2. The molecule has 1 aromatic heterocycles. The Hall–Kier alpha value is -3.60. The van der Waals surface area contributed by atoms with E-state index in [4.69, 9.17) is 18.6 Å². The van der Waals surface area contributed by atoms with Crippen LogP contribution in [-0.4, -0.2) is 51.6 Å². The van der Waals surface area contributed by atoms with Gasteiger partial charge in [-0.1, -0.05) is 23.3 Å². The van der Waals surface area contributed by atoms with Gasteiger partial charge in [-0.2, -0.15) is 0 Å². The van der Waals surface area contributed by atoms with E-state index < -0.39 is 21.5 Å². The Morgan fingerprint density at radius 3 is 2.20 bits per heavy atom. The van der Waals surface area contributed by atoms with Crippen molar-refractivity contribution in [3.8, 4) is 28.7 Å². The van der Waals surface area contributed by atoms with E-state index in [1.807, 2.05) is 0 Å². The van der Waals surface area contributed by atoms with E-state index in [1.54, 1.807) is 30.3 Å². The molecule has 1 heterocycles. The number of benzene rings is 2. The summed E-state index contributed by atoms with van der Waals surface area (Å²) >= 11 is 0. The van der Waals surface area contributed by atoms with Gasteiger partial charge in [-0.25, -0.2) is 8.42 Å². The van der Waals surface area contributed by atoms with Gasteiger partial charge in [0.15, 0.2) is 21.3 Å². The second-order valence-electron chi connectivity index (χ2n) is 5.95. The number of rotatable bonds is 8. The summed E-state index contributed by atoms with van der Waals surface area (Å²) < 4.78 is 45.8. The molecule has 11 heteroatoms. The normalized spacial score (nSPS) is 11.0. The van der Waals surface area contributed by atoms with E-state index in [0.717, 1.165) is 0 Å². The van der Waals surface area contributed by atoms with Crippen LogP contribution in [-0.2, 0) is 14.6 Å². The third kappa shape index (κ3) is 4.51. The predicted octanol–water partition coefficient (Wildman–Crippen LogP) is 2.17. The minimum Gasteiger partial charge on any atom is -0.493 e. The third-order valence-electron chi connectivity index (χ3n) is 4.01. The van der Waals surface area contributed by atoms with Crippen molar-refractivity contribution in [3.05, 3.63) is 42.5 Å². The summed E-state index contributed by atoms with van der Waals surface area (Å²) in [5.41, 5.74) is 0.453. The Kier molecular flexibility index (Phi) is 6.21. The molecule has 0 saturated carbocycles. The first kappa shape index (κ1) is 21.1. The summed E-state index contributed by atoms with van der Waals surface area (Å²) in [6, 6.07) is 10.6. The molecule has 0 fully saturated rings. The number of carbonyl (C=O) groups excluding carboxylic acids is 1. The minimum atomic E-state index is -3.80. The monoisotopic (exact) mass is 433 g/mol. The van der Waals surface area contributed by atoms with E-state index >= 15 is 0 Å². The molecule has 3 aromatic rings. The molecular weight excluding hydrogens is 414 g/mol. The quantitative estimate of drug-likeness (QED) is 0.568. The van der Waals surface area contributed by atoms with Crippen molar-refractivity contribution in [2.75, 3.05) is 32.4 Å². The van der Waals surface area contributed by atoms with Gasteiger partial charge in [-0.05, 0) is 24.3 Å². The predicted molar refractivity (Wildman–Crippen MR) is 107 cm³/mol. The summed E-state index contributed by atoms with van der Waals surface area (Å²) in [7, 11) is 0.609. The Bertz CT molecular complexity index is 1120. The molecule has 3 rings (SSSR count). The second-order valence-corrected chi connectivity index (χ2v) is 7.94. The highest BCUT2D eigenvalue weighted by Crippen LogP contribution is 2.41. The lowest BCUT2D eigenvalue weighted by molar-refractivity contribution is -0.114. The zero-order valence-electron chi connectivity index (χ0n) is 16.4. The SMILES string of the molecule is COc1cc(-c2nnc(NC(=O)CS(=O)(=O)c3ccccc3)o2)cc(OC)c1OC. The van der Waals surface area contributed by atoms with E-state index in [1.165, 1.54) is 33.5 Å². The van der Waals surface area contributed by atoms with E-state index in [9.17, 15) is 13.2 Å². The molecular formula is C19H19N3O7S. The van der Waals surface area contributed by atoms with Crippen molar-refractivity contribution >= 4 is 21.8 Å². The first-order valence-corrected chi connectivity index (χ1v) is 10.2. The lowest BCUT2D eigenvalue weighted by Gasteiger charge is -2.12. The van der Waals surface area contributed by atoms with Crippen LogP contribution < -0.4 is 19.5 Å². The van der Waals surface area contributed by atoms with E-state index in [-0.39, 0.29) is 16.8 Å². The number of aromatic nitrogens is 2. The van der Waals surface area contributed by atoms with Gasteiger partial charge in [0, 0.05) is 5.56 Å².